The SMILES string of the molecule is CN(C(=O)c1cccc(OCCOCCOCCOCCOCCOCCC(=O)Nc2cccc(NSc3ccc(-c4cnc(N)c(-c5ccc6c(c5)CCNC6=O)c4)c(F)c3)c2)c1C=O)C1CCC(=O)NC1=O. The number of carbonyl (C=O) groups excluding carboxylic acids is 6. The van der Waals surface area contributed by atoms with Gasteiger partial charge in [0.15, 0.2) is 6.29 Å². The third-order valence-electron chi connectivity index (χ3n) is 11.8. The van der Waals surface area contributed by atoms with Gasteiger partial charge in [-0.15, -0.1) is 0 Å². The summed E-state index contributed by atoms with van der Waals surface area (Å²) in [6.45, 7) is 3.80. The van der Waals surface area contributed by atoms with Gasteiger partial charge in [-0.3, -0.25) is 34.1 Å². The second kappa shape index (κ2) is 27.7. The molecule has 3 heterocycles. The number of anilines is 3. The molecule has 390 valence electrons. The molecule has 1 atom stereocenters. The van der Waals surface area contributed by atoms with E-state index in [1.807, 2.05) is 24.3 Å². The molecule has 0 aliphatic carbocycles. The Kier molecular flexibility index (Phi) is 20.4. The minimum atomic E-state index is -0.829. The number of amides is 5. The van der Waals surface area contributed by atoms with Crippen molar-refractivity contribution in [2.45, 2.75) is 36.6 Å². The van der Waals surface area contributed by atoms with E-state index in [0.29, 0.717) is 116 Å². The van der Waals surface area contributed by atoms with E-state index in [1.165, 1.54) is 36.0 Å². The van der Waals surface area contributed by atoms with Crippen LogP contribution in [0.15, 0.2) is 96.0 Å². The van der Waals surface area contributed by atoms with Gasteiger partial charge in [0.1, 0.15) is 30.0 Å². The van der Waals surface area contributed by atoms with Crippen LogP contribution in [-0.2, 0) is 44.5 Å². The van der Waals surface area contributed by atoms with Crippen molar-refractivity contribution in [2.75, 3.05) is 102 Å². The van der Waals surface area contributed by atoms with Gasteiger partial charge in [-0.25, -0.2) is 9.37 Å². The smallest absolute Gasteiger partial charge is 0.255 e. The van der Waals surface area contributed by atoms with Crippen molar-refractivity contribution in [3.05, 3.63) is 119 Å². The highest BCUT2D eigenvalue weighted by Crippen LogP contribution is 2.34. The number of hydrogen-bond acceptors (Lipinski definition) is 16. The number of nitrogens with zero attached hydrogens (tertiary/aromatic N) is 2. The number of benzene rings is 4. The fourth-order valence-electron chi connectivity index (χ4n) is 7.96. The summed E-state index contributed by atoms with van der Waals surface area (Å²) in [4.78, 5) is 79.9. The first-order valence-corrected chi connectivity index (χ1v) is 24.8. The highest BCUT2D eigenvalue weighted by molar-refractivity contribution is 8.00. The molecule has 21 heteroatoms. The van der Waals surface area contributed by atoms with Crippen molar-refractivity contribution in [1.29, 1.82) is 0 Å². The first kappa shape index (κ1) is 54.5. The minimum absolute atomic E-state index is 0.0522. The Morgan fingerprint density at radius 3 is 2.16 bits per heavy atom. The molecule has 74 heavy (non-hydrogen) atoms. The number of nitrogen functional groups attached to an aromatic ring is 1. The molecular formula is C53H58FN7O12S. The van der Waals surface area contributed by atoms with E-state index in [2.05, 4.69) is 25.7 Å². The number of halogens is 1. The molecule has 4 aromatic carbocycles. The van der Waals surface area contributed by atoms with Crippen molar-refractivity contribution in [2.24, 2.45) is 0 Å². The molecular weight excluding hydrogens is 978 g/mol. The predicted molar refractivity (Wildman–Crippen MR) is 274 cm³/mol. The first-order chi connectivity index (χ1) is 36.0. The van der Waals surface area contributed by atoms with Crippen LogP contribution in [0.4, 0.5) is 21.6 Å². The highest BCUT2D eigenvalue weighted by atomic mass is 32.2. The molecule has 0 bridgehead atoms. The standard InChI is InChI=1S/C53H58FN7O12S/c1-61(46-12-13-48(63)59-52(46)66)53(67)42-6-3-7-47(44(42)33-62)73-27-26-72-25-24-71-23-22-70-21-20-69-19-18-68-17-15-49(64)58-37-4-2-5-38(30-37)60-74-39-9-11-40(45(54)31-39)36-29-43(50(55)57-32-36)34-8-10-41-35(28-34)14-16-56-51(41)65/h2-11,28-33,46,60H,12-27H2,1H3,(H2,55,57)(H,56,65)(H,58,64)(H,59,63,66). The van der Waals surface area contributed by atoms with Crippen LogP contribution in [0.2, 0.25) is 0 Å². The average molecular weight is 1040 g/mol. The molecule has 1 fully saturated rings. The van der Waals surface area contributed by atoms with Crippen LogP contribution in [0.25, 0.3) is 22.3 Å². The summed E-state index contributed by atoms with van der Waals surface area (Å²) in [5.74, 6) is -1.73. The molecule has 5 aromatic rings. The van der Waals surface area contributed by atoms with E-state index in [4.69, 9.17) is 34.2 Å². The van der Waals surface area contributed by atoms with Crippen molar-refractivity contribution >= 4 is 65.0 Å². The van der Waals surface area contributed by atoms with Gasteiger partial charge in [-0.05, 0) is 90.5 Å². The number of piperidine rings is 1. The number of aromatic nitrogens is 1. The number of imide groups is 1. The van der Waals surface area contributed by atoms with Crippen LogP contribution in [0.5, 0.6) is 5.75 Å². The van der Waals surface area contributed by atoms with Crippen LogP contribution >= 0.6 is 11.9 Å². The van der Waals surface area contributed by atoms with Crippen molar-refractivity contribution < 1.29 is 61.6 Å². The second-order valence-corrected chi connectivity index (χ2v) is 17.8. The zero-order valence-corrected chi connectivity index (χ0v) is 41.6. The maximum atomic E-state index is 15.5. The lowest BCUT2D eigenvalue weighted by molar-refractivity contribution is -0.136. The Labute approximate surface area is 431 Å². The van der Waals surface area contributed by atoms with Gasteiger partial charge in [0.25, 0.3) is 11.8 Å². The fourth-order valence-corrected chi connectivity index (χ4v) is 8.62. The van der Waals surface area contributed by atoms with Crippen molar-refractivity contribution in [3.8, 4) is 28.0 Å². The molecule has 19 nitrogen and oxygen atoms in total. The van der Waals surface area contributed by atoms with Crippen LogP contribution in [-0.4, -0.2) is 138 Å². The maximum Gasteiger partial charge on any atom is 0.255 e. The third kappa shape index (κ3) is 15.4. The Balaban J connectivity index is 0.691. The summed E-state index contributed by atoms with van der Waals surface area (Å²) in [7, 11) is 1.45. The number of nitrogens with one attached hydrogen (secondary N) is 4. The summed E-state index contributed by atoms with van der Waals surface area (Å²) < 4.78 is 52.1. The molecule has 0 radical (unpaired) electrons. The molecule has 2 aliphatic heterocycles. The summed E-state index contributed by atoms with van der Waals surface area (Å²) in [5.41, 5.74) is 11.6. The van der Waals surface area contributed by atoms with Crippen LogP contribution in [0, 0.1) is 5.82 Å². The number of aldehydes is 1. The number of likely N-dealkylation sites (N-methyl/N-ethyl adjacent to an activating group) is 1. The Morgan fingerprint density at radius 2 is 1.46 bits per heavy atom. The topological polar surface area (TPSA) is 248 Å². The quantitative estimate of drug-likeness (QED) is 0.0174. The van der Waals surface area contributed by atoms with E-state index in [0.717, 1.165) is 11.1 Å². The summed E-state index contributed by atoms with van der Waals surface area (Å²) in [6.07, 6.45) is 3.23. The molecule has 1 unspecified atom stereocenters. The van der Waals surface area contributed by atoms with E-state index in [-0.39, 0.29) is 67.8 Å². The normalized spacial score (nSPS) is 14.1. The molecule has 7 rings (SSSR count). The Morgan fingerprint density at radius 1 is 0.784 bits per heavy atom. The van der Waals surface area contributed by atoms with Gasteiger partial charge in [0.2, 0.25) is 17.7 Å². The lowest BCUT2D eigenvalue weighted by atomic mass is 9.94. The zero-order valence-electron chi connectivity index (χ0n) is 40.8. The third-order valence-corrected chi connectivity index (χ3v) is 12.6. The second-order valence-electron chi connectivity index (χ2n) is 16.9. The van der Waals surface area contributed by atoms with Gasteiger partial charge in [0, 0.05) is 64.7 Å². The van der Waals surface area contributed by atoms with E-state index in [9.17, 15) is 28.8 Å². The summed E-state index contributed by atoms with van der Waals surface area (Å²) in [5, 5.41) is 7.94. The molecule has 0 saturated carbocycles. The number of hydrogen-bond donors (Lipinski definition) is 5. The van der Waals surface area contributed by atoms with Gasteiger partial charge in [0.05, 0.1) is 83.6 Å². The number of fused-ring (bicyclic) bond motifs is 1. The van der Waals surface area contributed by atoms with E-state index < -0.39 is 29.6 Å². The van der Waals surface area contributed by atoms with Crippen molar-refractivity contribution in [1.82, 2.24) is 20.5 Å². The highest BCUT2D eigenvalue weighted by Gasteiger charge is 2.33. The van der Waals surface area contributed by atoms with Crippen LogP contribution < -0.4 is 31.1 Å². The molecule has 0 spiro atoms. The lowest BCUT2D eigenvalue weighted by Gasteiger charge is -2.30. The predicted octanol–water partition coefficient (Wildman–Crippen LogP) is 5.72. The average Bonchev–Trinajstić information content (AvgIpc) is 3.39. The van der Waals surface area contributed by atoms with Gasteiger partial charge in [-0.2, -0.15) is 0 Å². The number of rotatable bonds is 28. The number of carbonyl (C=O) groups is 6. The summed E-state index contributed by atoms with van der Waals surface area (Å²) in [6, 6.07) is 23.3. The number of ether oxygens (including phenoxy) is 6. The fraction of sp³-hybridized carbons (Fsp3) is 0.340. The van der Waals surface area contributed by atoms with Crippen LogP contribution in [0.3, 0.4) is 0 Å². The first-order valence-electron chi connectivity index (χ1n) is 24.0. The number of nitrogens with two attached hydrogens (primary N) is 1. The molecule has 2 aliphatic rings. The Bertz CT molecular complexity index is 2800. The van der Waals surface area contributed by atoms with E-state index >= 15 is 4.39 Å². The van der Waals surface area contributed by atoms with E-state index in [1.54, 1.807) is 54.7 Å². The molecule has 5 amide bonds. The monoisotopic (exact) mass is 1040 g/mol. The Hall–Kier alpha value is -7.27. The molecule has 1 aromatic heterocycles. The van der Waals surface area contributed by atoms with Crippen molar-refractivity contribution in [3.63, 3.8) is 0 Å². The van der Waals surface area contributed by atoms with Gasteiger partial charge >= 0.3 is 0 Å². The molecule has 1 saturated heterocycles. The van der Waals surface area contributed by atoms with Crippen LogP contribution in [0.1, 0.15) is 55.9 Å². The summed E-state index contributed by atoms with van der Waals surface area (Å²) >= 11 is 1.22. The molecule has 6 N–H and O–H groups in total. The lowest BCUT2D eigenvalue weighted by Crippen LogP contribution is -2.53. The number of pyridine rings is 1. The van der Waals surface area contributed by atoms with Gasteiger partial charge < -0.3 is 54.4 Å². The largest absolute Gasteiger partial charge is 0.490 e. The van der Waals surface area contributed by atoms with Gasteiger partial charge in [-0.1, -0.05) is 30.3 Å². The zero-order chi connectivity index (χ0) is 52.2. The minimum Gasteiger partial charge on any atom is -0.490 e. The maximum absolute atomic E-state index is 15.5.